The third-order valence-corrected chi connectivity index (χ3v) is 5.21. The predicted molar refractivity (Wildman–Crippen MR) is 70.4 cm³/mol. The summed E-state index contributed by atoms with van der Waals surface area (Å²) in [6.07, 6.45) is 1.24. The molecule has 1 heterocycles. The van der Waals surface area contributed by atoms with Crippen LogP contribution in [0, 0.1) is 5.41 Å². The van der Waals surface area contributed by atoms with Crippen LogP contribution >= 0.6 is 11.8 Å². The highest BCUT2D eigenvalue weighted by molar-refractivity contribution is 7.99. The average molecular weight is 230 g/mol. The highest BCUT2D eigenvalue weighted by Crippen LogP contribution is 2.41. The van der Waals surface area contributed by atoms with E-state index < -0.39 is 0 Å². The van der Waals surface area contributed by atoms with Crippen LogP contribution in [0.1, 0.15) is 34.1 Å². The second-order valence-electron chi connectivity index (χ2n) is 5.43. The van der Waals surface area contributed by atoms with Crippen molar-refractivity contribution in [2.24, 2.45) is 11.1 Å². The molecule has 1 atom stereocenters. The summed E-state index contributed by atoms with van der Waals surface area (Å²) in [6.45, 7) is 12.3. The van der Waals surface area contributed by atoms with Crippen molar-refractivity contribution >= 4 is 11.8 Å². The van der Waals surface area contributed by atoms with Crippen LogP contribution in [0.3, 0.4) is 0 Å². The van der Waals surface area contributed by atoms with Gasteiger partial charge in [0.25, 0.3) is 0 Å². The maximum absolute atomic E-state index is 6.06. The monoisotopic (exact) mass is 230 g/mol. The molecule has 1 aliphatic rings. The number of likely N-dealkylation sites (N-methyl/N-ethyl adjacent to an activating group) is 1. The van der Waals surface area contributed by atoms with Gasteiger partial charge in [-0.05, 0) is 30.7 Å². The molecule has 1 rings (SSSR count). The first-order chi connectivity index (χ1) is 6.99. The Hall–Kier alpha value is 0.270. The van der Waals surface area contributed by atoms with E-state index in [9.17, 15) is 0 Å². The Morgan fingerprint density at radius 2 is 1.80 bits per heavy atom. The Labute approximate surface area is 99.0 Å². The number of hydrogen-bond acceptors (Lipinski definition) is 3. The minimum Gasteiger partial charge on any atom is -0.329 e. The van der Waals surface area contributed by atoms with Crippen molar-refractivity contribution in [1.29, 1.82) is 0 Å². The van der Waals surface area contributed by atoms with Gasteiger partial charge in [-0.1, -0.05) is 27.7 Å². The van der Waals surface area contributed by atoms with E-state index in [1.807, 2.05) is 0 Å². The summed E-state index contributed by atoms with van der Waals surface area (Å²) in [5.74, 6) is 2.48. The van der Waals surface area contributed by atoms with Crippen molar-refractivity contribution in [2.45, 2.75) is 39.7 Å². The molecule has 0 aromatic carbocycles. The van der Waals surface area contributed by atoms with Crippen LogP contribution in [0.15, 0.2) is 0 Å². The van der Waals surface area contributed by atoms with Crippen molar-refractivity contribution < 1.29 is 0 Å². The summed E-state index contributed by atoms with van der Waals surface area (Å²) in [4.78, 5) is 2.56. The molecule has 1 fully saturated rings. The molecule has 1 saturated heterocycles. The van der Waals surface area contributed by atoms with E-state index in [2.05, 4.69) is 44.4 Å². The van der Waals surface area contributed by atoms with E-state index in [1.54, 1.807) is 0 Å². The zero-order chi connectivity index (χ0) is 11.5. The Kier molecular flexibility index (Phi) is 4.50. The van der Waals surface area contributed by atoms with Crippen molar-refractivity contribution in [2.75, 3.05) is 31.1 Å². The van der Waals surface area contributed by atoms with Gasteiger partial charge in [-0.2, -0.15) is 11.8 Å². The molecular weight excluding hydrogens is 204 g/mol. The van der Waals surface area contributed by atoms with Crippen LogP contribution in [-0.2, 0) is 0 Å². The predicted octanol–water partition coefficient (Wildman–Crippen LogP) is 2.19. The van der Waals surface area contributed by atoms with Crippen molar-refractivity contribution in [1.82, 2.24) is 4.90 Å². The second kappa shape index (κ2) is 5.07. The second-order valence-corrected chi connectivity index (χ2v) is 6.42. The molecule has 3 heteroatoms. The molecule has 0 saturated carbocycles. The zero-order valence-corrected chi connectivity index (χ0v) is 11.5. The Morgan fingerprint density at radius 1 is 1.20 bits per heavy atom. The van der Waals surface area contributed by atoms with E-state index in [0.29, 0.717) is 5.41 Å². The molecule has 0 spiro atoms. The Morgan fingerprint density at radius 3 is 2.20 bits per heavy atom. The lowest BCUT2D eigenvalue weighted by molar-refractivity contribution is 0.0785. The topological polar surface area (TPSA) is 29.3 Å². The van der Waals surface area contributed by atoms with Gasteiger partial charge in [0.1, 0.15) is 0 Å². The fourth-order valence-electron chi connectivity index (χ4n) is 2.87. The normalized spacial score (nSPS) is 30.8. The van der Waals surface area contributed by atoms with Crippen LogP contribution in [0.4, 0.5) is 0 Å². The van der Waals surface area contributed by atoms with Gasteiger partial charge in [-0.15, -0.1) is 0 Å². The summed E-state index contributed by atoms with van der Waals surface area (Å²) in [5, 5.41) is 0. The highest BCUT2D eigenvalue weighted by Gasteiger charge is 2.42. The van der Waals surface area contributed by atoms with Gasteiger partial charge in [-0.3, -0.25) is 4.90 Å². The van der Waals surface area contributed by atoms with Crippen LogP contribution in [-0.4, -0.2) is 41.6 Å². The van der Waals surface area contributed by atoms with E-state index in [1.165, 1.54) is 17.9 Å². The van der Waals surface area contributed by atoms with Crippen molar-refractivity contribution in [3.8, 4) is 0 Å². The first-order valence-corrected chi connectivity index (χ1v) is 7.18. The van der Waals surface area contributed by atoms with E-state index >= 15 is 0 Å². The zero-order valence-electron chi connectivity index (χ0n) is 10.7. The maximum Gasteiger partial charge on any atom is 0.0427 e. The summed E-state index contributed by atoms with van der Waals surface area (Å²) in [5.41, 5.74) is 6.74. The number of rotatable bonds is 4. The third kappa shape index (κ3) is 2.89. The maximum atomic E-state index is 6.06. The molecule has 90 valence electrons. The van der Waals surface area contributed by atoms with Gasteiger partial charge in [0.15, 0.2) is 0 Å². The van der Waals surface area contributed by atoms with Gasteiger partial charge >= 0.3 is 0 Å². The molecule has 0 aliphatic carbocycles. The molecule has 0 amide bonds. The lowest BCUT2D eigenvalue weighted by atomic mass is 9.78. The lowest BCUT2D eigenvalue weighted by Gasteiger charge is -2.50. The molecule has 1 aliphatic heterocycles. The van der Waals surface area contributed by atoms with Crippen molar-refractivity contribution in [3.05, 3.63) is 0 Å². The quantitative estimate of drug-likeness (QED) is 0.803. The third-order valence-electron chi connectivity index (χ3n) is 3.49. The molecule has 0 aromatic heterocycles. The average Bonchev–Trinajstić information content (AvgIpc) is 2.18. The Balaban J connectivity index is 2.83. The molecule has 2 nitrogen and oxygen atoms in total. The minimum atomic E-state index is 0.246. The van der Waals surface area contributed by atoms with E-state index in [0.717, 1.165) is 19.6 Å². The van der Waals surface area contributed by atoms with Crippen LogP contribution < -0.4 is 5.73 Å². The summed E-state index contributed by atoms with van der Waals surface area (Å²) >= 11 is 2.07. The van der Waals surface area contributed by atoms with E-state index in [4.69, 9.17) is 5.73 Å². The fourth-order valence-corrected chi connectivity index (χ4v) is 4.41. The molecule has 0 bridgehead atoms. The van der Waals surface area contributed by atoms with Gasteiger partial charge in [-0.25, -0.2) is 0 Å². The standard InChI is InChI=1S/C12H26N2S/c1-5-14(6-2)12(8-13)7-11(3,4)9-15-10-12/h5-10,13H2,1-4H3. The molecule has 1 unspecified atom stereocenters. The first-order valence-electron chi connectivity index (χ1n) is 6.02. The van der Waals surface area contributed by atoms with Crippen LogP contribution in [0.5, 0.6) is 0 Å². The molecule has 0 aromatic rings. The summed E-state index contributed by atoms with van der Waals surface area (Å²) in [7, 11) is 0. The minimum absolute atomic E-state index is 0.246. The largest absolute Gasteiger partial charge is 0.329 e. The van der Waals surface area contributed by atoms with Crippen LogP contribution in [0.2, 0.25) is 0 Å². The number of hydrogen-bond donors (Lipinski definition) is 1. The highest BCUT2D eigenvalue weighted by atomic mass is 32.2. The number of thioether (sulfide) groups is 1. The van der Waals surface area contributed by atoms with Gasteiger partial charge < -0.3 is 5.73 Å². The molecule has 0 radical (unpaired) electrons. The number of nitrogens with zero attached hydrogens (tertiary/aromatic N) is 1. The van der Waals surface area contributed by atoms with Gasteiger partial charge in [0, 0.05) is 17.8 Å². The fraction of sp³-hybridized carbons (Fsp3) is 1.00. The number of nitrogens with two attached hydrogens (primary N) is 1. The smallest absolute Gasteiger partial charge is 0.0427 e. The summed E-state index contributed by atoms with van der Waals surface area (Å²) < 4.78 is 0. The lowest BCUT2D eigenvalue weighted by Crippen LogP contribution is -2.59. The summed E-state index contributed by atoms with van der Waals surface area (Å²) in [6, 6.07) is 0. The molecule has 15 heavy (non-hydrogen) atoms. The Bertz CT molecular complexity index is 202. The van der Waals surface area contributed by atoms with E-state index in [-0.39, 0.29) is 5.54 Å². The SMILES string of the molecule is CCN(CC)C1(CN)CSCC(C)(C)C1. The van der Waals surface area contributed by atoms with Gasteiger partial charge in [0.2, 0.25) is 0 Å². The molecule has 2 N–H and O–H groups in total. The van der Waals surface area contributed by atoms with Crippen LogP contribution in [0.25, 0.3) is 0 Å². The first kappa shape index (κ1) is 13.3. The van der Waals surface area contributed by atoms with Gasteiger partial charge in [0.05, 0.1) is 0 Å². The molecular formula is C12H26N2S. The van der Waals surface area contributed by atoms with Crippen molar-refractivity contribution in [3.63, 3.8) is 0 Å².